The van der Waals surface area contributed by atoms with Crippen molar-refractivity contribution in [2.45, 2.75) is 51.2 Å². The Hall–Kier alpha value is -3.06. The molecule has 1 fully saturated rings. The Morgan fingerprint density at radius 1 is 1.24 bits per heavy atom. The largest absolute Gasteiger partial charge is 0.391 e. The molecule has 150 valence electrons. The normalized spacial score (nSPS) is 19.1. The van der Waals surface area contributed by atoms with Gasteiger partial charge in [0.2, 0.25) is 0 Å². The van der Waals surface area contributed by atoms with E-state index in [0.29, 0.717) is 12.1 Å². The second kappa shape index (κ2) is 8.53. The highest BCUT2D eigenvalue weighted by atomic mass is 16.3. The number of amides is 1. The number of aliphatic hydroxyl groups is 1. The Labute approximate surface area is 169 Å². The van der Waals surface area contributed by atoms with Gasteiger partial charge in [0.05, 0.1) is 12.1 Å². The second-order valence-corrected chi connectivity index (χ2v) is 7.58. The van der Waals surface area contributed by atoms with Crippen LogP contribution in [0.2, 0.25) is 0 Å². The van der Waals surface area contributed by atoms with Crippen LogP contribution in [0.15, 0.2) is 49.1 Å². The second-order valence-electron chi connectivity index (χ2n) is 7.58. The molecule has 1 amide bonds. The minimum Gasteiger partial charge on any atom is -0.391 e. The van der Waals surface area contributed by atoms with Gasteiger partial charge in [-0.2, -0.15) is 5.10 Å². The Kier molecular flexibility index (Phi) is 5.67. The quantitative estimate of drug-likeness (QED) is 0.697. The van der Waals surface area contributed by atoms with Gasteiger partial charge in [-0.1, -0.05) is 18.9 Å². The van der Waals surface area contributed by atoms with Crippen LogP contribution in [-0.2, 0) is 6.42 Å². The summed E-state index contributed by atoms with van der Waals surface area (Å²) in [7, 11) is 0. The van der Waals surface area contributed by atoms with Gasteiger partial charge in [0.25, 0.3) is 5.91 Å². The van der Waals surface area contributed by atoms with Crippen LogP contribution in [-0.4, -0.2) is 42.9 Å². The highest BCUT2D eigenvalue weighted by Crippen LogP contribution is 2.19. The van der Waals surface area contributed by atoms with Crippen LogP contribution in [0, 0.1) is 6.92 Å². The molecule has 1 aliphatic carbocycles. The molecule has 7 nitrogen and oxygen atoms in total. The maximum Gasteiger partial charge on any atom is 0.270 e. The van der Waals surface area contributed by atoms with Gasteiger partial charge in [0.1, 0.15) is 5.69 Å². The number of hydrogen-bond acceptors (Lipinski definition) is 5. The highest BCUT2D eigenvalue weighted by Gasteiger charge is 2.25. The summed E-state index contributed by atoms with van der Waals surface area (Å²) in [5.41, 5.74) is 3.48. The van der Waals surface area contributed by atoms with Gasteiger partial charge in [0.15, 0.2) is 5.82 Å². The van der Waals surface area contributed by atoms with Gasteiger partial charge in [-0.25, -0.2) is 9.67 Å². The van der Waals surface area contributed by atoms with Crippen LogP contribution < -0.4 is 5.32 Å². The first-order valence-corrected chi connectivity index (χ1v) is 9.99. The fraction of sp³-hybridized carbons (Fsp3) is 0.364. The van der Waals surface area contributed by atoms with E-state index in [9.17, 15) is 9.90 Å². The number of aliphatic hydroxyl groups excluding tert-OH is 1. The van der Waals surface area contributed by atoms with Gasteiger partial charge in [0, 0.05) is 24.8 Å². The maximum absolute atomic E-state index is 12.6. The molecule has 0 aromatic carbocycles. The van der Waals surface area contributed by atoms with E-state index in [1.807, 2.05) is 43.6 Å². The van der Waals surface area contributed by atoms with E-state index in [0.717, 1.165) is 48.2 Å². The van der Waals surface area contributed by atoms with Crippen molar-refractivity contribution in [3.63, 3.8) is 0 Å². The van der Waals surface area contributed by atoms with E-state index >= 15 is 0 Å². The fourth-order valence-electron chi connectivity index (χ4n) is 3.68. The molecule has 7 heteroatoms. The lowest BCUT2D eigenvalue weighted by Crippen LogP contribution is -2.45. The summed E-state index contributed by atoms with van der Waals surface area (Å²) >= 11 is 0. The Balaban J connectivity index is 1.47. The Bertz CT molecular complexity index is 969. The molecule has 0 spiro atoms. The molecule has 1 aliphatic rings. The van der Waals surface area contributed by atoms with Gasteiger partial charge in [-0.3, -0.25) is 9.78 Å². The Morgan fingerprint density at radius 2 is 2.10 bits per heavy atom. The first kappa shape index (κ1) is 19.3. The smallest absolute Gasteiger partial charge is 0.270 e. The molecule has 0 saturated heterocycles. The van der Waals surface area contributed by atoms with Crippen molar-refractivity contribution >= 4 is 5.91 Å². The summed E-state index contributed by atoms with van der Waals surface area (Å²) in [4.78, 5) is 21.4. The molecule has 2 N–H and O–H groups in total. The van der Waals surface area contributed by atoms with Crippen molar-refractivity contribution in [1.29, 1.82) is 0 Å². The standard InChI is InChI=1S/C22H25N5O2/c1-15-13-23-19(22(29)26-18-5-2-3-6-20(18)28)12-17(15)11-16-7-8-21(24-14-16)27-10-4-9-25-27/h4,7-10,12-14,18,20,28H,2-3,5-6,11H2,1H3,(H,26,29)/t18-,20-/m0/s1. The summed E-state index contributed by atoms with van der Waals surface area (Å²) < 4.78 is 1.71. The van der Waals surface area contributed by atoms with Crippen LogP contribution in [0.3, 0.4) is 0 Å². The molecule has 29 heavy (non-hydrogen) atoms. The number of nitrogens with zero attached hydrogens (tertiary/aromatic N) is 4. The number of rotatable bonds is 5. The molecule has 0 aliphatic heterocycles. The van der Waals surface area contributed by atoms with Crippen molar-refractivity contribution in [2.75, 3.05) is 0 Å². The zero-order valence-corrected chi connectivity index (χ0v) is 16.5. The zero-order valence-electron chi connectivity index (χ0n) is 16.5. The first-order chi connectivity index (χ1) is 14.1. The average Bonchev–Trinajstić information content (AvgIpc) is 3.27. The third kappa shape index (κ3) is 4.51. The third-order valence-corrected chi connectivity index (χ3v) is 5.44. The van der Waals surface area contributed by atoms with E-state index < -0.39 is 6.10 Å². The number of hydrogen-bond donors (Lipinski definition) is 2. The lowest BCUT2D eigenvalue weighted by molar-refractivity contribution is 0.0713. The number of aryl methyl sites for hydroxylation is 1. The van der Waals surface area contributed by atoms with Gasteiger partial charge >= 0.3 is 0 Å². The monoisotopic (exact) mass is 391 g/mol. The molecule has 4 rings (SSSR count). The van der Waals surface area contributed by atoms with Gasteiger partial charge in [-0.15, -0.1) is 0 Å². The molecule has 0 bridgehead atoms. The number of carbonyl (C=O) groups is 1. The molecular formula is C22H25N5O2. The van der Waals surface area contributed by atoms with Crippen LogP contribution >= 0.6 is 0 Å². The van der Waals surface area contributed by atoms with Crippen molar-refractivity contribution in [1.82, 2.24) is 25.1 Å². The molecule has 2 atom stereocenters. The van der Waals surface area contributed by atoms with E-state index in [1.165, 1.54) is 0 Å². The van der Waals surface area contributed by atoms with E-state index in [2.05, 4.69) is 20.4 Å². The summed E-state index contributed by atoms with van der Waals surface area (Å²) in [5.74, 6) is 0.528. The van der Waals surface area contributed by atoms with Gasteiger partial charge in [-0.05, 0) is 61.1 Å². The number of nitrogens with one attached hydrogen (secondary N) is 1. The minimum absolute atomic E-state index is 0.193. The molecular weight excluding hydrogens is 366 g/mol. The molecule has 1 saturated carbocycles. The summed E-state index contributed by atoms with van der Waals surface area (Å²) in [5, 5.41) is 17.2. The third-order valence-electron chi connectivity index (χ3n) is 5.44. The van der Waals surface area contributed by atoms with Crippen LogP contribution in [0.25, 0.3) is 5.82 Å². The fourth-order valence-corrected chi connectivity index (χ4v) is 3.68. The van der Waals surface area contributed by atoms with E-state index in [4.69, 9.17) is 0 Å². The topological polar surface area (TPSA) is 92.9 Å². The molecule has 3 aromatic rings. The number of pyridine rings is 2. The zero-order chi connectivity index (χ0) is 20.2. The molecule has 0 radical (unpaired) electrons. The molecule has 3 heterocycles. The average molecular weight is 391 g/mol. The van der Waals surface area contributed by atoms with E-state index in [1.54, 1.807) is 17.1 Å². The van der Waals surface area contributed by atoms with Crippen molar-refractivity contribution < 1.29 is 9.90 Å². The minimum atomic E-state index is -0.475. The van der Waals surface area contributed by atoms with Crippen molar-refractivity contribution in [3.05, 3.63) is 71.4 Å². The maximum atomic E-state index is 12.6. The summed E-state index contributed by atoms with van der Waals surface area (Å²) in [6.07, 6.45) is 10.9. The SMILES string of the molecule is Cc1cnc(C(=O)N[C@H]2CCCC[C@@H]2O)cc1Cc1ccc(-n2cccn2)nc1. The van der Waals surface area contributed by atoms with E-state index in [-0.39, 0.29) is 11.9 Å². The highest BCUT2D eigenvalue weighted by molar-refractivity contribution is 5.92. The lowest BCUT2D eigenvalue weighted by atomic mass is 9.92. The van der Waals surface area contributed by atoms with Crippen molar-refractivity contribution in [3.8, 4) is 5.82 Å². The Morgan fingerprint density at radius 3 is 2.83 bits per heavy atom. The van der Waals surface area contributed by atoms with Gasteiger partial charge < -0.3 is 10.4 Å². The predicted molar refractivity (Wildman–Crippen MR) is 109 cm³/mol. The molecule has 3 aromatic heterocycles. The lowest BCUT2D eigenvalue weighted by Gasteiger charge is -2.28. The van der Waals surface area contributed by atoms with Crippen LogP contribution in [0.4, 0.5) is 0 Å². The number of carbonyl (C=O) groups excluding carboxylic acids is 1. The van der Waals surface area contributed by atoms with Crippen LogP contribution in [0.1, 0.15) is 52.9 Å². The number of aromatic nitrogens is 4. The molecule has 0 unspecified atom stereocenters. The van der Waals surface area contributed by atoms with Crippen LogP contribution in [0.5, 0.6) is 0 Å². The first-order valence-electron chi connectivity index (χ1n) is 9.99. The predicted octanol–water partition coefficient (Wildman–Crippen LogP) is 2.59. The summed E-state index contributed by atoms with van der Waals surface area (Å²) in [6, 6.07) is 7.44. The summed E-state index contributed by atoms with van der Waals surface area (Å²) in [6.45, 7) is 1.99. The van der Waals surface area contributed by atoms with Crippen molar-refractivity contribution in [2.24, 2.45) is 0 Å².